The van der Waals surface area contributed by atoms with Crippen LogP contribution in [0.15, 0.2) is 30.3 Å². The van der Waals surface area contributed by atoms with E-state index in [4.69, 9.17) is 0 Å². The molecule has 1 aromatic rings. The van der Waals surface area contributed by atoms with Gasteiger partial charge >= 0.3 is 0 Å². The highest BCUT2D eigenvalue weighted by molar-refractivity contribution is 5.70. The van der Waals surface area contributed by atoms with Crippen LogP contribution in [-0.4, -0.2) is 12.0 Å². The van der Waals surface area contributed by atoms with Crippen molar-refractivity contribution in [1.82, 2.24) is 0 Å². The summed E-state index contributed by atoms with van der Waals surface area (Å²) in [6.45, 7) is 2.04. The molecule has 0 spiro atoms. The van der Waals surface area contributed by atoms with Crippen LogP contribution in [0, 0.1) is 5.92 Å². The van der Waals surface area contributed by atoms with Crippen LogP contribution < -0.4 is 10.4 Å². The van der Waals surface area contributed by atoms with Crippen molar-refractivity contribution >= 4 is 5.97 Å². The van der Waals surface area contributed by atoms with Crippen LogP contribution in [-0.2, 0) is 4.79 Å². The number of rotatable bonds is 5. The van der Waals surface area contributed by atoms with Crippen molar-refractivity contribution in [1.29, 1.82) is 0 Å². The first-order chi connectivity index (χ1) is 7.68. The molecule has 0 amide bonds. The molecule has 1 saturated carbocycles. The van der Waals surface area contributed by atoms with Gasteiger partial charge in [0.05, 0.1) is 5.97 Å². The second-order valence-electron chi connectivity index (χ2n) is 4.57. The molecule has 1 aliphatic rings. The first-order valence-corrected chi connectivity index (χ1v) is 5.79. The molecular weight excluding hydrogens is 202 g/mol. The van der Waals surface area contributed by atoms with Crippen LogP contribution in [0.5, 0.6) is 0 Å². The monoisotopic (exact) mass is 219 g/mol. The van der Waals surface area contributed by atoms with E-state index in [1.165, 1.54) is 0 Å². The van der Waals surface area contributed by atoms with E-state index in [1.807, 2.05) is 42.6 Å². The van der Waals surface area contributed by atoms with Crippen LogP contribution in [0.25, 0.3) is 0 Å². The zero-order valence-corrected chi connectivity index (χ0v) is 9.43. The van der Waals surface area contributed by atoms with Gasteiger partial charge in [-0.3, -0.25) is 0 Å². The van der Waals surface area contributed by atoms with Crippen molar-refractivity contribution in [2.45, 2.75) is 31.8 Å². The minimum absolute atomic E-state index is 0.171. The van der Waals surface area contributed by atoms with Crippen LogP contribution in [0.1, 0.15) is 31.4 Å². The molecule has 16 heavy (non-hydrogen) atoms. The number of carboxylic acid groups (broad SMARTS) is 1. The Bertz CT molecular complexity index is 359. The van der Waals surface area contributed by atoms with Gasteiger partial charge in [-0.05, 0) is 19.8 Å². The maximum absolute atomic E-state index is 11.0. The number of nitrogens with two attached hydrogens (primary N) is 1. The second-order valence-corrected chi connectivity index (χ2v) is 4.57. The maximum atomic E-state index is 11.0. The van der Waals surface area contributed by atoms with Gasteiger partial charge in [0.25, 0.3) is 0 Å². The molecule has 1 aromatic carbocycles. The molecule has 3 nitrogen and oxygen atoms in total. The fraction of sp³-hybridized carbons (Fsp3) is 0.462. The molecule has 0 aliphatic heterocycles. The number of benzene rings is 1. The average molecular weight is 219 g/mol. The molecule has 2 N–H and O–H groups in total. The van der Waals surface area contributed by atoms with Gasteiger partial charge in [-0.1, -0.05) is 30.3 Å². The number of carboxylic acids is 1. The topological polar surface area (TPSA) is 56.7 Å². The molecule has 0 saturated heterocycles. The minimum Gasteiger partial charge on any atom is -0.544 e. The first kappa shape index (κ1) is 11.1. The number of quaternary nitrogens is 1. The summed E-state index contributed by atoms with van der Waals surface area (Å²) in [4.78, 5) is 11.0. The fourth-order valence-corrected chi connectivity index (χ4v) is 2.06. The smallest absolute Gasteiger partial charge is 0.129 e. The van der Waals surface area contributed by atoms with Crippen molar-refractivity contribution in [2.75, 3.05) is 0 Å². The van der Waals surface area contributed by atoms with E-state index in [1.54, 1.807) is 0 Å². The van der Waals surface area contributed by atoms with Gasteiger partial charge in [-0.25, -0.2) is 0 Å². The Morgan fingerprint density at radius 1 is 1.38 bits per heavy atom. The van der Waals surface area contributed by atoms with Crippen molar-refractivity contribution in [3.63, 3.8) is 0 Å². The Hall–Kier alpha value is -1.35. The summed E-state index contributed by atoms with van der Waals surface area (Å²) >= 11 is 0. The van der Waals surface area contributed by atoms with Gasteiger partial charge in [0.2, 0.25) is 0 Å². The summed E-state index contributed by atoms with van der Waals surface area (Å²) in [5, 5.41) is 12.9. The van der Waals surface area contributed by atoms with Crippen LogP contribution in [0.3, 0.4) is 0 Å². The Morgan fingerprint density at radius 2 is 2.00 bits per heavy atom. The molecule has 0 heterocycles. The Morgan fingerprint density at radius 3 is 2.50 bits per heavy atom. The molecule has 1 fully saturated rings. The average Bonchev–Trinajstić information content (AvgIpc) is 3.10. The van der Waals surface area contributed by atoms with E-state index < -0.39 is 5.97 Å². The molecule has 0 unspecified atom stereocenters. The molecule has 0 aromatic heterocycles. The first-order valence-electron chi connectivity index (χ1n) is 5.79. The zero-order chi connectivity index (χ0) is 11.5. The van der Waals surface area contributed by atoms with Gasteiger partial charge in [-0.15, -0.1) is 0 Å². The van der Waals surface area contributed by atoms with Gasteiger partial charge in [0, 0.05) is 11.5 Å². The lowest BCUT2D eigenvalue weighted by Gasteiger charge is -2.20. The van der Waals surface area contributed by atoms with Crippen LogP contribution >= 0.6 is 0 Å². The number of carbonyl (C=O) groups excluding carboxylic acids is 1. The largest absolute Gasteiger partial charge is 0.544 e. The molecule has 1 aliphatic carbocycles. The fourth-order valence-electron chi connectivity index (χ4n) is 2.06. The SMILES string of the molecule is C[C@H]([NH2+][C@H](C(=O)[O-])C1CC1)c1ccccc1. The molecule has 0 bridgehead atoms. The summed E-state index contributed by atoms with van der Waals surface area (Å²) in [5.74, 6) is -0.610. The standard InChI is InChI=1S/C13H17NO2/c1-9(10-5-3-2-4-6-10)14-12(13(15)16)11-7-8-11/h2-6,9,11-12,14H,7-8H2,1H3,(H,15,16)/t9-,12-/m0/s1. The Labute approximate surface area is 95.5 Å². The van der Waals surface area contributed by atoms with Crippen molar-refractivity contribution < 1.29 is 15.2 Å². The van der Waals surface area contributed by atoms with E-state index in [0.29, 0.717) is 5.92 Å². The summed E-state index contributed by atoms with van der Waals surface area (Å²) < 4.78 is 0. The molecule has 2 atom stereocenters. The third kappa shape index (κ3) is 2.61. The summed E-state index contributed by atoms with van der Waals surface area (Å²) in [6.07, 6.45) is 2.05. The highest BCUT2D eigenvalue weighted by Gasteiger charge is 2.36. The lowest BCUT2D eigenvalue weighted by Crippen LogP contribution is -2.94. The van der Waals surface area contributed by atoms with E-state index >= 15 is 0 Å². The maximum Gasteiger partial charge on any atom is 0.129 e. The van der Waals surface area contributed by atoms with Gasteiger partial charge in [0.15, 0.2) is 0 Å². The molecule has 86 valence electrons. The molecule has 3 heteroatoms. The minimum atomic E-state index is -0.926. The number of hydrogen-bond acceptors (Lipinski definition) is 2. The Kier molecular flexibility index (Phi) is 3.25. The normalized spacial score (nSPS) is 19.1. The second kappa shape index (κ2) is 4.66. The number of hydrogen-bond donors (Lipinski definition) is 1. The lowest BCUT2D eigenvalue weighted by molar-refractivity contribution is -0.721. The predicted octanol–water partition coefficient (Wildman–Crippen LogP) is -0.160. The predicted molar refractivity (Wildman–Crippen MR) is 58.3 cm³/mol. The van der Waals surface area contributed by atoms with Crippen LogP contribution in [0.2, 0.25) is 0 Å². The van der Waals surface area contributed by atoms with E-state index in [9.17, 15) is 9.90 Å². The van der Waals surface area contributed by atoms with Crippen molar-refractivity contribution in [3.05, 3.63) is 35.9 Å². The van der Waals surface area contributed by atoms with Gasteiger partial charge in [-0.2, -0.15) is 0 Å². The molecule has 0 radical (unpaired) electrons. The van der Waals surface area contributed by atoms with E-state index in [-0.39, 0.29) is 12.1 Å². The lowest BCUT2D eigenvalue weighted by atomic mass is 10.1. The van der Waals surface area contributed by atoms with E-state index in [0.717, 1.165) is 18.4 Å². The highest BCUT2D eigenvalue weighted by atomic mass is 16.4. The van der Waals surface area contributed by atoms with Crippen molar-refractivity contribution in [3.8, 4) is 0 Å². The number of carbonyl (C=O) groups is 1. The van der Waals surface area contributed by atoms with Crippen molar-refractivity contribution in [2.24, 2.45) is 5.92 Å². The summed E-state index contributed by atoms with van der Waals surface area (Å²) in [5.41, 5.74) is 1.16. The molecular formula is C13H17NO2. The Balaban J connectivity index is 2.00. The van der Waals surface area contributed by atoms with Gasteiger partial charge in [0.1, 0.15) is 12.1 Å². The summed E-state index contributed by atoms with van der Waals surface area (Å²) in [7, 11) is 0. The van der Waals surface area contributed by atoms with E-state index in [2.05, 4.69) is 0 Å². The van der Waals surface area contributed by atoms with Gasteiger partial charge < -0.3 is 15.2 Å². The molecule has 2 rings (SSSR count). The third-order valence-corrected chi connectivity index (χ3v) is 3.22. The zero-order valence-electron chi connectivity index (χ0n) is 9.43. The summed E-state index contributed by atoms with van der Waals surface area (Å²) in [6, 6.07) is 9.77. The number of aliphatic carboxylic acids is 1. The third-order valence-electron chi connectivity index (χ3n) is 3.22. The highest BCUT2D eigenvalue weighted by Crippen LogP contribution is 2.31. The quantitative estimate of drug-likeness (QED) is 0.748. The van der Waals surface area contributed by atoms with Crippen LogP contribution in [0.4, 0.5) is 0 Å².